The van der Waals surface area contributed by atoms with Crippen molar-refractivity contribution in [3.05, 3.63) is 0 Å². The average molecular weight is 237 g/mol. The van der Waals surface area contributed by atoms with Crippen LogP contribution >= 0.6 is 12.4 Å². The fourth-order valence-electron chi connectivity index (χ4n) is 1.20. The summed E-state index contributed by atoms with van der Waals surface area (Å²) >= 11 is 0. The fraction of sp³-hybridized carbons (Fsp3) is 0.900. The molecule has 0 radical (unpaired) electrons. The van der Waals surface area contributed by atoms with Crippen molar-refractivity contribution in [2.75, 3.05) is 26.2 Å². The van der Waals surface area contributed by atoms with Gasteiger partial charge in [0.05, 0.1) is 6.61 Å². The fourth-order valence-corrected chi connectivity index (χ4v) is 1.20. The minimum absolute atomic E-state index is 0. The number of hydrogen-bond donors (Lipinski definition) is 2. The van der Waals surface area contributed by atoms with Gasteiger partial charge in [0.1, 0.15) is 6.10 Å². The third-order valence-corrected chi connectivity index (χ3v) is 2.01. The molecule has 1 amide bonds. The normalized spacial score (nSPS) is 21.7. The van der Waals surface area contributed by atoms with E-state index in [2.05, 4.69) is 31.4 Å². The number of hydrogen-bond acceptors (Lipinski definition) is 3. The SMILES string of the molecule is CC(C)(C)CNC(=O)[C@@H]1CNCCO1.Cl. The lowest BCUT2D eigenvalue weighted by Gasteiger charge is -2.25. The molecule has 4 nitrogen and oxygen atoms in total. The highest BCUT2D eigenvalue weighted by Crippen LogP contribution is 2.10. The van der Waals surface area contributed by atoms with Crippen molar-refractivity contribution in [1.82, 2.24) is 10.6 Å². The van der Waals surface area contributed by atoms with E-state index < -0.39 is 0 Å². The molecule has 0 aromatic rings. The van der Waals surface area contributed by atoms with Crippen LogP contribution in [0.1, 0.15) is 20.8 Å². The molecule has 2 N–H and O–H groups in total. The zero-order valence-corrected chi connectivity index (χ0v) is 10.4. The van der Waals surface area contributed by atoms with Crippen molar-refractivity contribution in [3.63, 3.8) is 0 Å². The van der Waals surface area contributed by atoms with Crippen LogP contribution in [-0.2, 0) is 9.53 Å². The Balaban J connectivity index is 0.00000196. The number of rotatable bonds is 2. The Morgan fingerprint density at radius 1 is 1.53 bits per heavy atom. The van der Waals surface area contributed by atoms with Crippen molar-refractivity contribution < 1.29 is 9.53 Å². The number of carbonyl (C=O) groups excluding carboxylic acids is 1. The van der Waals surface area contributed by atoms with E-state index in [1.54, 1.807) is 0 Å². The van der Waals surface area contributed by atoms with Crippen LogP contribution < -0.4 is 10.6 Å². The van der Waals surface area contributed by atoms with Gasteiger partial charge in [0, 0.05) is 19.6 Å². The highest BCUT2D eigenvalue weighted by Gasteiger charge is 2.22. The van der Waals surface area contributed by atoms with Gasteiger partial charge in [-0.1, -0.05) is 20.8 Å². The molecular weight excluding hydrogens is 216 g/mol. The van der Waals surface area contributed by atoms with Crippen LogP contribution in [0, 0.1) is 5.41 Å². The Hall–Kier alpha value is -0.320. The maximum Gasteiger partial charge on any atom is 0.250 e. The smallest absolute Gasteiger partial charge is 0.250 e. The molecule has 0 spiro atoms. The van der Waals surface area contributed by atoms with E-state index in [-0.39, 0.29) is 29.8 Å². The van der Waals surface area contributed by atoms with Gasteiger partial charge in [-0.25, -0.2) is 0 Å². The molecule has 5 heteroatoms. The summed E-state index contributed by atoms with van der Waals surface area (Å²) in [6, 6.07) is 0. The predicted molar refractivity (Wildman–Crippen MR) is 62.3 cm³/mol. The lowest BCUT2D eigenvalue weighted by atomic mass is 9.97. The Morgan fingerprint density at radius 3 is 2.67 bits per heavy atom. The number of carbonyl (C=O) groups is 1. The van der Waals surface area contributed by atoms with Crippen LogP contribution in [0.3, 0.4) is 0 Å². The van der Waals surface area contributed by atoms with Crippen LogP contribution in [0.25, 0.3) is 0 Å². The Morgan fingerprint density at radius 2 is 2.20 bits per heavy atom. The average Bonchev–Trinajstić information content (AvgIpc) is 2.14. The van der Waals surface area contributed by atoms with Gasteiger partial charge in [-0.2, -0.15) is 0 Å². The monoisotopic (exact) mass is 236 g/mol. The molecule has 15 heavy (non-hydrogen) atoms. The summed E-state index contributed by atoms with van der Waals surface area (Å²) in [7, 11) is 0. The van der Waals surface area contributed by atoms with Crippen LogP contribution in [0.2, 0.25) is 0 Å². The van der Waals surface area contributed by atoms with E-state index in [1.165, 1.54) is 0 Å². The first-order valence-corrected chi connectivity index (χ1v) is 5.09. The second-order valence-electron chi connectivity index (χ2n) is 4.84. The maximum absolute atomic E-state index is 11.6. The molecule has 1 rings (SSSR count). The predicted octanol–water partition coefficient (Wildman–Crippen LogP) is 0.559. The van der Waals surface area contributed by atoms with Crippen LogP contribution in [0.15, 0.2) is 0 Å². The molecule has 0 aromatic carbocycles. The van der Waals surface area contributed by atoms with E-state index in [4.69, 9.17) is 4.74 Å². The van der Waals surface area contributed by atoms with Crippen molar-refractivity contribution in [2.24, 2.45) is 5.41 Å². The molecule has 0 unspecified atom stereocenters. The first kappa shape index (κ1) is 14.7. The van der Waals surface area contributed by atoms with Crippen molar-refractivity contribution in [3.8, 4) is 0 Å². The van der Waals surface area contributed by atoms with Gasteiger partial charge in [0.25, 0.3) is 0 Å². The maximum atomic E-state index is 11.6. The molecule has 0 saturated carbocycles. The molecule has 1 saturated heterocycles. The van der Waals surface area contributed by atoms with Gasteiger partial charge in [-0.3, -0.25) is 4.79 Å². The molecule has 0 aromatic heterocycles. The number of morpholine rings is 1. The second-order valence-corrected chi connectivity index (χ2v) is 4.84. The van der Waals surface area contributed by atoms with Gasteiger partial charge in [0.15, 0.2) is 0 Å². The summed E-state index contributed by atoms with van der Waals surface area (Å²) in [5.74, 6) is -0.00729. The van der Waals surface area contributed by atoms with E-state index in [9.17, 15) is 4.79 Å². The first-order chi connectivity index (χ1) is 6.49. The highest BCUT2D eigenvalue weighted by molar-refractivity contribution is 5.85. The first-order valence-electron chi connectivity index (χ1n) is 5.09. The van der Waals surface area contributed by atoms with Gasteiger partial charge in [-0.15, -0.1) is 12.4 Å². The van der Waals surface area contributed by atoms with E-state index in [0.29, 0.717) is 19.7 Å². The number of amides is 1. The van der Waals surface area contributed by atoms with E-state index in [1.807, 2.05) is 0 Å². The molecule has 1 aliphatic rings. The number of ether oxygens (including phenoxy) is 1. The second kappa shape index (κ2) is 6.30. The van der Waals surface area contributed by atoms with Crippen molar-refractivity contribution in [1.29, 1.82) is 0 Å². The topological polar surface area (TPSA) is 50.4 Å². The minimum Gasteiger partial charge on any atom is -0.366 e. The summed E-state index contributed by atoms with van der Waals surface area (Å²) < 4.78 is 5.33. The zero-order chi connectivity index (χ0) is 10.6. The Labute approximate surface area is 97.5 Å². The Kier molecular flexibility index (Phi) is 6.17. The summed E-state index contributed by atoms with van der Waals surface area (Å²) in [6.07, 6.45) is -0.314. The highest BCUT2D eigenvalue weighted by atomic mass is 35.5. The molecule has 1 aliphatic heterocycles. The van der Waals surface area contributed by atoms with Crippen molar-refractivity contribution in [2.45, 2.75) is 26.9 Å². The standard InChI is InChI=1S/C10H20N2O2.ClH/c1-10(2,3)7-12-9(13)8-6-11-4-5-14-8;/h8,11H,4-7H2,1-3H3,(H,12,13);1H/t8-;/m0./s1. The number of nitrogens with one attached hydrogen (secondary N) is 2. The third-order valence-electron chi connectivity index (χ3n) is 2.01. The lowest BCUT2D eigenvalue weighted by molar-refractivity contribution is -0.134. The molecular formula is C10H21ClN2O2. The van der Waals surface area contributed by atoms with Gasteiger partial charge >= 0.3 is 0 Å². The minimum atomic E-state index is -0.314. The van der Waals surface area contributed by atoms with E-state index >= 15 is 0 Å². The molecule has 1 heterocycles. The van der Waals surface area contributed by atoms with Crippen LogP contribution in [-0.4, -0.2) is 38.3 Å². The summed E-state index contributed by atoms with van der Waals surface area (Å²) in [6.45, 7) is 9.03. The number of halogens is 1. The summed E-state index contributed by atoms with van der Waals surface area (Å²) in [5, 5.41) is 6.02. The van der Waals surface area contributed by atoms with Gasteiger partial charge in [-0.05, 0) is 5.41 Å². The summed E-state index contributed by atoms with van der Waals surface area (Å²) in [4.78, 5) is 11.6. The lowest BCUT2D eigenvalue weighted by Crippen LogP contribution is -2.49. The van der Waals surface area contributed by atoms with Crippen molar-refractivity contribution >= 4 is 18.3 Å². The van der Waals surface area contributed by atoms with E-state index in [0.717, 1.165) is 6.54 Å². The zero-order valence-electron chi connectivity index (χ0n) is 9.63. The molecule has 0 bridgehead atoms. The van der Waals surface area contributed by atoms with Crippen LogP contribution in [0.4, 0.5) is 0 Å². The largest absolute Gasteiger partial charge is 0.366 e. The molecule has 1 atom stereocenters. The third kappa shape index (κ3) is 5.97. The molecule has 1 fully saturated rings. The van der Waals surface area contributed by atoms with Gasteiger partial charge < -0.3 is 15.4 Å². The molecule has 0 aliphatic carbocycles. The van der Waals surface area contributed by atoms with Crippen LogP contribution in [0.5, 0.6) is 0 Å². The van der Waals surface area contributed by atoms with Gasteiger partial charge in [0.2, 0.25) is 5.91 Å². The Bertz CT molecular complexity index is 198. The molecule has 90 valence electrons. The quantitative estimate of drug-likeness (QED) is 0.737. The summed E-state index contributed by atoms with van der Waals surface area (Å²) in [5.41, 5.74) is 0.123.